The summed E-state index contributed by atoms with van der Waals surface area (Å²) in [4.78, 5) is 27.1. The molecule has 0 bridgehead atoms. The number of rotatable bonds is 5. The summed E-state index contributed by atoms with van der Waals surface area (Å²) in [5.41, 5.74) is 1.60. The van der Waals surface area contributed by atoms with Crippen molar-refractivity contribution in [1.29, 1.82) is 0 Å². The number of ketones is 1. The van der Waals surface area contributed by atoms with Gasteiger partial charge in [-0.15, -0.1) is 0 Å². The quantitative estimate of drug-likeness (QED) is 0.825. The first-order valence-corrected chi connectivity index (χ1v) is 6.77. The van der Waals surface area contributed by atoms with E-state index < -0.39 is 5.97 Å². The van der Waals surface area contributed by atoms with Crippen LogP contribution in [0, 0.1) is 0 Å². The Hall–Kier alpha value is -2.43. The van der Waals surface area contributed by atoms with E-state index in [9.17, 15) is 14.7 Å². The van der Waals surface area contributed by atoms with Crippen molar-refractivity contribution < 1.29 is 19.8 Å². The summed E-state index contributed by atoms with van der Waals surface area (Å²) < 4.78 is 0. The van der Waals surface area contributed by atoms with Gasteiger partial charge in [-0.25, -0.2) is 4.98 Å². The standard InChI is InChI=1S/C16H17NO4/c1-9(2)12-5-3-11-10(13(18)7-8-15(20)21)4-6-14(19)16(11)17-12/h3-6,9,19H,7-8H2,1-2H3,(H,20,21). The summed E-state index contributed by atoms with van der Waals surface area (Å²) in [6, 6.07) is 6.51. The third-order valence-electron chi connectivity index (χ3n) is 3.32. The second-order valence-corrected chi connectivity index (χ2v) is 5.24. The van der Waals surface area contributed by atoms with Crippen LogP contribution in [0.2, 0.25) is 0 Å². The minimum absolute atomic E-state index is 0.0160. The highest BCUT2D eigenvalue weighted by Crippen LogP contribution is 2.28. The Morgan fingerprint density at radius 3 is 2.48 bits per heavy atom. The highest BCUT2D eigenvalue weighted by molar-refractivity contribution is 6.09. The Morgan fingerprint density at radius 1 is 1.14 bits per heavy atom. The highest BCUT2D eigenvalue weighted by atomic mass is 16.4. The molecule has 0 unspecified atom stereocenters. The van der Waals surface area contributed by atoms with Crippen molar-refractivity contribution in [1.82, 2.24) is 4.98 Å². The lowest BCUT2D eigenvalue weighted by Crippen LogP contribution is -2.05. The molecule has 0 aliphatic carbocycles. The molecule has 2 rings (SSSR count). The Balaban J connectivity index is 2.48. The molecule has 0 saturated heterocycles. The molecule has 0 spiro atoms. The van der Waals surface area contributed by atoms with E-state index in [0.717, 1.165) is 5.69 Å². The van der Waals surface area contributed by atoms with Crippen molar-refractivity contribution in [2.75, 3.05) is 0 Å². The zero-order valence-corrected chi connectivity index (χ0v) is 12.0. The van der Waals surface area contributed by atoms with Crippen LogP contribution < -0.4 is 0 Å². The summed E-state index contributed by atoms with van der Waals surface area (Å²) in [5.74, 6) is -1.05. The number of carboxylic acid groups (broad SMARTS) is 1. The molecule has 1 aromatic heterocycles. The summed E-state index contributed by atoms with van der Waals surface area (Å²) in [6.45, 7) is 3.99. The van der Waals surface area contributed by atoms with E-state index in [0.29, 0.717) is 16.5 Å². The van der Waals surface area contributed by atoms with Gasteiger partial charge >= 0.3 is 5.97 Å². The van der Waals surface area contributed by atoms with E-state index >= 15 is 0 Å². The number of carboxylic acids is 1. The van der Waals surface area contributed by atoms with Crippen LogP contribution in [-0.4, -0.2) is 26.9 Å². The predicted molar refractivity (Wildman–Crippen MR) is 78.7 cm³/mol. The number of hydrogen-bond donors (Lipinski definition) is 2. The second kappa shape index (κ2) is 5.91. The number of carbonyl (C=O) groups is 2. The fraction of sp³-hybridized carbons (Fsp3) is 0.312. The molecular formula is C16H17NO4. The number of benzene rings is 1. The molecule has 0 aliphatic heterocycles. The van der Waals surface area contributed by atoms with Gasteiger partial charge in [-0.1, -0.05) is 19.9 Å². The molecule has 0 aliphatic rings. The van der Waals surface area contributed by atoms with Crippen LogP contribution in [0.25, 0.3) is 10.9 Å². The van der Waals surface area contributed by atoms with Crippen molar-refractivity contribution in [2.24, 2.45) is 0 Å². The number of phenols is 1. The molecule has 2 aromatic rings. The maximum atomic E-state index is 12.1. The van der Waals surface area contributed by atoms with Gasteiger partial charge < -0.3 is 10.2 Å². The smallest absolute Gasteiger partial charge is 0.303 e. The van der Waals surface area contributed by atoms with Gasteiger partial charge in [0, 0.05) is 23.1 Å². The first-order valence-electron chi connectivity index (χ1n) is 6.77. The molecule has 21 heavy (non-hydrogen) atoms. The topological polar surface area (TPSA) is 87.5 Å². The van der Waals surface area contributed by atoms with Gasteiger partial charge in [0.05, 0.1) is 6.42 Å². The van der Waals surface area contributed by atoms with Gasteiger partial charge in [-0.05, 0) is 24.1 Å². The van der Waals surface area contributed by atoms with E-state index in [-0.39, 0.29) is 30.3 Å². The third kappa shape index (κ3) is 3.18. The van der Waals surface area contributed by atoms with E-state index in [1.165, 1.54) is 12.1 Å². The lowest BCUT2D eigenvalue weighted by atomic mass is 9.99. The van der Waals surface area contributed by atoms with Crippen LogP contribution in [0.5, 0.6) is 5.75 Å². The van der Waals surface area contributed by atoms with Crippen molar-refractivity contribution >= 4 is 22.7 Å². The molecule has 1 aromatic carbocycles. The number of Topliss-reactive ketones (excluding diaryl/α,β-unsaturated/α-hetero) is 1. The van der Waals surface area contributed by atoms with Crippen molar-refractivity contribution in [3.63, 3.8) is 0 Å². The summed E-state index contributed by atoms with van der Waals surface area (Å²) >= 11 is 0. The number of nitrogens with zero attached hydrogens (tertiary/aromatic N) is 1. The van der Waals surface area contributed by atoms with Crippen molar-refractivity contribution in [3.8, 4) is 5.75 Å². The van der Waals surface area contributed by atoms with Gasteiger partial charge in [0.1, 0.15) is 11.3 Å². The number of hydrogen-bond acceptors (Lipinski definition) is 4. The van der Waals surface area contributed by atoms with Crippen LogP contribution in [0.3, 0.4) is 0 Å². The molecule has 5 nitrogen and oxygen atoms in total. The number of phenolic OH excluding ortho intramolecular Hbond substituents is 1. The average molecular weight is 287 g/mol. The number of aromatic nitrogens is 1. The molecule has 0 atom stereocenters. The zero-order chi connectivity index (χ0) is 15.6. The van der Waals surface area contributed by atoms with Crippen LogP contribution in [0.1, 0.15) is 48.7 Å². The summed E-state index contributed by atoms with van der Waals surface area (Å²) in [5, 5.41) is 19.1. The Kier molecular flexibility index (Phi) is 4.21. The van der Waals surface area contributed by atoms with E-state index in [1.807, 2.05) is 19.9 Å². The number of aromatic hydroxyl groups is 1. The first kappa shape index (κ1) is 15.0. The molecule has 5 heteroatoms. The number of fused-ring (bicyclic) bond motifs is 1. The van der Waals surface area contributed by atoms with Gasteiger partial charge in [-0.3, -0.25) is 9.59 Å². The summed E-state index contributed by atoms with van der Waals surface area (Å²) in [7, 11) is 0. The Bertz CT molecular complexity index is 707. The second-order valence-electron chi connectivity index (χ2n) is 5.24. The normalized spacial score (nSPS) is 11.0. The van der Waals surface area contributed by atoms with Crippen molar-refractivity contribution in [3.05, 3.63) is 35.5 Å². The largest absolute Gasteiger partial charge is 0.506 e. The molecular weight excluding hydrogens is 270 g/mol. The molecule has 0 radical (unpaired) electrons. The van der Waals surface area contributed by atoms with Crippen LogP contribution in [-0.2, 0) is 4.79 Å². The fourth-order valence-electron chi connectivity index (χ4n) is 2.14. The SMILES string of the molecule is CC(C)c1ccc2c(C(=O)CCC(=O)O)ccc(O)c2n1. The van der Waals surface area contributed by atoms with Gasteiger partial charge in [0.25, 0.3) is 0 Å². The number of carbonyl (C=O) groups excluding carboxylic acids is 1. The van der Waals surface area contributed by atoms with E-state index in [1.54, 1.807) is 6.07 Å². The maximum absolute atomic E-state index is 12.1. The molecule has 110 valence electrons. The minimum atomic E-state index is -1.01. The third-order valence-corrected chi connectivity index (χ3v) is 3.32. The molecule has 1 heterocycles. The Morgan fingerprint density at radius 2 is 1.86 bits per heavy atom. The van der Waals surface area contributed by atoms with Crippen LogP contribution in [0.4, 0.5) is 0 Å². The lowest BCUT2D eigenvalue weighted by molar-refractivity contribution is -0.136. The van der Waals surface area contributed by atoms with Gasteiger partial charge in [-0.2, -0.15) is 0 Å². The zero-order valence-electron chi connectivity index (χ0n) is 12.0. The van der Waals surface area contributed by atoms with Crippen LogP contribution in [0.15, 0.2) is 24.3 Å². The predicted octanol–water partition coefficient (Wildman–Crippen LogP) is 3.11. The molecule has 0 amide bonds. The Labute approximate surface area is 122 Å². The molecule has 0 fully saturated rings. The van der Waals surface area contributed by atoms with E-state index in [4.69, 9.17) is 5.11 Å². The monoisotopic (exact) mass is 287 g/mol. The highest BCUT2D eigenvalue weighted by Gasteiger charge is 2.15. The fourth-order valence-corrected chi connectivity index (χ4v) is 2.14. The van der Waals surface area contributed by atoms with Crippen LogP contribution >= 0.6 is 0 Å². The molecule has 2 N–H and O–H groups in total. The average Bonchev–Trinajstić information content (AvgIpc) is 2.44. The number of pyridine rings is 1. The van der Waals surface area contributed by atoms with Gasteiger partial charge in [0.2, 0.25) is 0 Å². The minimum Gasteiger partial charge on any atom is -0.506 e. The molecule has 0 saturated carbocycles. The van der Waals surface area contributed by atoms with E-state index in [2.05, 4.69) is 4.98 Å². The maximum Gasteiger partial charge on any atom is 0.303 e. The lowest BCUT2D eigenvalue weighted by Gasteiger charge is -2.10. The summed E-state index contributed by atoms with van der Waals surface area (Å²) in [6.07, 6.45) is -0.278. The number of aliphatic carboxylic acids is 1. The van der Waals surface area contributed by atoms with Gasteiger partial charge in [0.15, 0.2) is 5.78 Å². The van der Waals surface area contributed by atoms with Crippen molar-refractivity contribution in [2.45, 2.75) is 32.6 Å². The first-order chi connectivity index (χ1) is 9.90.